The molecule has 5 rings (SSSR count). The number of para-hydroxylation sites is 1. The molecule has 5 heteroatoms. The van der Waals surface area contributed by atoms with E-state index >= 15 is 0 Å². The van der Waals surface area contributed by atoms with Crippen molar-refractivity contribution in [3.8, 4) is 5.88 Å². The first-order valence-corrected chi connectivity index (χ1v) is 12.4. The van der Waals surface area contributed by atoms with Crippen LogP contribution in [0.4, 0.5) is 0 Å². The van der Waals surface area contributed by atoms with Crippen LogP contribution >= 0.6 is 0 Å². The van der Waals surface area contributed by atoms with E-state index in [1.165, 1.54) is 11.1 Å². The molecular weight excluding hydrogens is 436 g/mol. The van der Waals surface area contributed by atoms with Crippen molar-refractivity contribution in [2.75, 3.05) is 26.2 Å². The van der Waals surface area contributed by atoms with E-state index in [0.717, 1.165) is 36.8 Å². The Bertz CT molecular complexity index is 1150. The number of hydrogen-bond donors (Lipinski definition) is 1. The van der Waals surface area contributed by atoms with E-state index in [0.29, 0.717) is 12.4 Å². The lowest BCUT2D eigenvalue weighted by atomic mass is 10.00. The molecule has 1 fully saturated rings. The van der Waals surface area contributed by atoms with E-state index in [1.807, 2.05) is 48.5 Å². The van der Waals surface area contributed by atoms with Crippen molar-refractivity contribution >= 4 is 10.9 Å². The van der Waals surface area contributed by atoms with Gasteiger partial charge in [0.05, 0.1) is 11.6 Å². The summed E-state index contributed by atoms with van der Waals surface area (Å²) in [5.41, 5.74) is 3.25. The number of piperidine rings is 1. The highest BCUT2D eigenvalue weighted by atomic mass is 16.5. The van der Waals surface area contributed by atoms with E-state index in [4.69, 9.17) is 9.47 Å². The van der Waals surface area contributed by atoms with E-state index in [9.17, 15) is 5.11 Å². The molecule has 35 heavy (non-hydrogen) atoms. The molecule has 0 spiro atoms. The Morgan fingerprint density at radius 1 is 0.800 bits per heavy atom. The largest absolute Gasteiger partial charge is 0.475 e. The van der Waals surface area contributed by atoms with Gasteiger partial charge in [0, 0.05) is 31.1 Å². The lowest BCUT2D eigenvalue weighted by Gasteiger charge is -2.35. The van der Waals surface area contributed by atoms with Crippen LogP contribution in [0.5, 0.6) is 5.88 Å². The van der Waals surface area contributed by atoms with Crippen molar-refractivity contribution in [3.63, 3.8) is 0 Å². The van der Waals surface area contributed by atoms with E-state index < -0.39 is 6.10 Å². The molecule has 1 unspecified atom stereocenters. The lowest BCUT2D eigenvalue weighted by Crippen LogP contribution is -2.42. The smallest absolute Gasteiger partial charge is 0.213 e. The van der Waals surface area contributed by atoms with Gasteiger partial charge in [0.15, 0.2) is 0 Å². The van der Waals surface area contributed by atoms with Crippen molar-refractivity contribution in [2.45, 2.75) is 31.2 Å². The third-order valence-corrected chi connectivity index (χ3v) is 6.53. The van der Waals surface area contributed by atoms with Crippen LogP contribution in [0.15, 0.2) is 97.1 Å². The van der Waals surface area contributed by atoms with Gasteiger partial charge in [0.1, 0.15) is 18.8 Å². The van der Waals surface area contributed by atoms with Gasteiger partial charge in [-0.3, -0.25) is 0 Å². The lowest BCUT2D eigenvalue weighted by molar-refractivity contribution is -0.0347. The summed E-state index contributed by atoms with van der Waals surface area (Å²) in [5, 5.41) is 11.6. The van der Waals surface area contributed by atoms with Crippen LogP contribution in [-0.4, -0.2) is 53.4 Å². The van der Waals surface area contributed by atoms with Crippen LogP contribution in [0, 0.1) is 0 Å². The quantitative estimate of drug-likeness (QED) is 0.364. The summed E-state index contributed by atoms with van der Waals surface area (Å²) >= 11 is 0. The first-order chi connectivity index (χ1) is 17.2. The molecule has 1 aliphatic rings. The first kappa shape index (κ1) is 23.5. The van der Waals surface area contributed by atoms with Gasteiger partial charge in [0.2, 0.25) is 5.88 Å². The van der Waals surface area contributed by atoms with Crippen molar-refractivity contribution < 1.29 is 14.6 Å². The van der Waals surface area contributed by atoms with E-state index in [2.05, 4.69) is 58.4 Å². The molecule has 3 aromatic carbocycles. The van der Waals surface area contributed by atoms with Crippen LogP contribution < -0.4 is 4.74 Å². The van der Waals surface area contributed by atoms with Gasteiger partial charge in [-0.25, -0.2) is 4.98 Å². The fourth-order valence-electron chi connectivity index (χ4n) is 4.69. The standard InChI is InChI=1S/C30H32N2O3/c33-26(22-34-29-16-15-23-9-7-8-14-28(23)31-29)21-32-19-17-27(18-20-32)35-30(24-10-3-1-4-11-24)25-12-5-2-6-13-25/h1-16,26-27,30,33H,17-22H2. The fourth-order valence-corrected chi connectivity index (χ4v) is 4.69. The number of fused-ring (bicyclic) bond motifs is 1. The summed E-state index contributed by atoms with van der Waals surface area (Å²) in [6, 6.07) is 32.6. The molecule has 0 radical (unpaired) electrons. The average molecular weight is 469 g/mol. The molecule has 1 atom stereocenters. The number of likely N-dealkylation sites (tertiary alicyclic amines) is 1. The topological polar surface area (TPSA) is 54.8 Å². The van der Waals surface area contributed by atoms with Gasteiger partial charge >= 0.3 is 0 Å². The normalized spacial score (nSPS) is 15.9. The summed E-state index contributed by atoms with van der Waals surface area (Å²) in [7, 11) is 0. The second kappa shape index (κ2) is 11.5. The van der Waals surface area contributed by atoms with Crippen LogP contribution in [0.2, 0.25) is 0 Å². The summed E-state index contributed by atoms with van der Waals surface area (Å²) in [5.74, 6) is 0.544. The highest BCUT2D eigenvalue weighted by Crippen LogP contribution is 2.30. The van der Waals surface area contributed by atoms with Gasteiger partial charge in [-0.1, -0.05) is 78.9 Å². The highest BCUT2D eigenvalue weighted by Gasteiger charge is 2.25. The second-order valence-corrected chi connectivity index (χ2v) is 9.14. The number of β-amino-alcohol motifs (C(OH)–C–C–N with tert-alkyl or cyclic N) is 1. The minimum absolute atomic E-state index is 0.0672. The van der Waals surface area contributed by atoms with Gasteiger partial charge in [0.25, 0.3) is 0 Å². The fraction of sp³-hybridized carbons (Fsp3) is 0.300. The predicted octanol–water partition coefficient (Wildman–Crippen LogP) is 5.25. The first-order valence-electron chi connectivity index (χ1n) is 12.4. The van der Waals surface area contributed by atoms with Gasteiger partial charge in [-0.15, -0.1) is 0 Å². The van der Waals surface area contributed by atoms with Crippen molar-refractivity contribution in [3.05, 3.63) is 108 Å². The number of benzene rings is 3. The zero-order valence-corrected chi connectivity index (χ0v) is 19.9. The number of aliphatic hydroxyl groups is 1. The Labute approximate surface area is 207 Å². The molecule has 5 nitrogen and oxygen atoms in total. The van der Waals surface area contributed by atoms with Crippen LogP contribution in [0.1, 0.15) is 30.1 Å². The van der Waals surface area contributed by atoms with Crippen LogP contribution in [-0.2, 0) is 4.74 Å². The number of hydrogen-bond acceptors (Lipinski definition) is 5. The summed E-state index contributed by atoms with van der Waals surface area (Å²) in [6.45, 7) is 2.60. The molecule has 4 aromatic rings. The summed E-state index contributed by atoms with van der Waals surface area (Å²) < 4.78 is 12.4. The maximum Gasteiger partial charge on any atom is 0.213 e. The van der Waals surface area contributed by atoms with Crippen molar-refractivity contribution in [2.24, 2.45) is 0 Å². The zero-order chi connectivity index (χ0) is 23.9. The van der Waals surface area contributed by atoms with E-state index in [1.54, 1.807) is 0 Å². The Kier molecular flexibility index (Phi) is 7.69. The number of rotatable bonds is 9. The predicted molar refractivity (Wildman–Crippen MR) is 139 cm³/mol. The minimum atomic E-state index is -0.567. The molecular formula is C30H32N2O3. The Morgan fingerprint density at radius 2 is 1.43 bits per heavy atom. The highest BCUT2D eigenvalue weighted by molar-refractivity contribution is 5.78. The molecule has 0 amide bonds. The summed E-state index contributed by atoms with van der Waals surface area (Å²) in [6.07, 6.45) is 1.43. The second-order valence-electron chi connectivity index (χ2n) is 9.14. The monoisotopic (exact) mass is 468 g/mol. The van der Waals surface area contributed by atoms with E-state index in [-0.39, 0.29) is 18.8 Å². The molecule has 0 aliphatic carbocycles. The maximum atomic E-state index is 10.6. The summed E-state index contributed by atoms with van der Waals surface area (Å²) in [4.78, 5) is 6.81. The molecule has 180 valence electrons. The molecule has 0 saturated carbocycles. The third kappa shape index (κ3) is 6.25. The number of aromatic nitrogens is 1. The van der Waals surface area contributed by atoms with Gasteiger partial charge in [-0.2, -0.15) is 0 Å². The Hall–Kier alpha value is -3.25. The van der Waals surface area contributed by atoms with Crippen molar-refractivity contribution in [1.29, 1.82) is 0 Å². The van der Waals surface area contributed by atoms with Gasteiger partial charge in [-0.05, 0) is 36.1 Å². The minimum Gasteiger partial charge on any atom is -0.475 e. The Balaban J connectivity index is 1.11. The SMILES string of the molecule is OC(COc1ccc2ccccc2n1)CN1CCC(OC(c2ccccc2)c2ccccc2)CC1. The van der Waals surface area contributed by atoms with Crippen LogP contribution in [0.25, 0.3) is 10.9 Å². The van der Waals surface area contributed by atoms with Gasteiger partial charge < -0.3 is 19.5 Å². The Morgan fingerprint density at radius 3 is 2.11 bits per heavy atom. The number of nitrogens with zero attached hydrogens (tertiary/aromatic N) is 2. The molecule has 1 saturated heterocycles. The number of aliphatic hydroxyl groups excluding tert-OH is 1. The molecule has 2 heterocycles. The number of ether oxygens (including phenoxy) is 2. The number of pyridine rings is 1. The average Bonchev–Trinajstić information content (AvgIpc) is 2.92. The zero-order valence-electron chi connectivity index (χ0n) is 19.9. The van der Waals surface area contributed by atoms with Crippen LogP contribution in [0.3, 0.4) is 0 Å². The maximum absolute atomic E-state index is 10.6. The van der Waals surface area contributed by atoms with Crippen molar-refractivity contribution in [1.82, 2.24) is 9.88 Å². The molecule has 1 aliphatic heterocycles. The third-order valence-electron chi connectivity index (χ3n) is 6.53. The molecule has 1 N–H and O–H groups in total. The molecule has 1 aromatic heterocycles. The molecule has 0 bridgehead atoms.